The van der Waals surface area contributed by atoms with Crippen molar-refractivity contribution in [1.82, 2.24) is 4.90 Å². The van der Waals surface area contributed by atoms with Crippen molar-refractivity contribution in [2.75, 3.05) is 27.7 Å². The average molecular weight is 357 g/mol. The van der Waals surface area contributed by atoms with Crippen molar-refractivity contribution in [3.8, 4) is 0 Å². The van der Waals surface area contributed by atoms with Crippen molar-refractivity contribution in [2.45, 2.75) is 6.18 Å². The zero-order valence-electron chi connectivity index (χ0n) is 8.44. The third kappa shape index (κ3) is 20.3. The molecule has 0 saturated heterocycles. The standard InChI is InChI=1S/C3H2BBr2F3O2.C3H9N/c5-4(6)2(10)11-1-3(7,8)9;1-4(2)3/h1H2;1-3H3. The van der Waals surface area contributed by atoms with Crippen molar-refractivity contribution in [1.29, 1.82) is 0 Å². The SMILES string of the molecule is CN(C)C.O=C(OCC(F)(F)F)B(Br)Br. The number of carbonyl (C=O) groups is 1. The van der Waals surface area contributed by atoms with E-state index in [0.29, 0.717) is 0 Å². The van der Waals surface area contributed by atoms with Crippen molar-refractivity contribution in [3.63, 3.8) is 0 Å². The largest absolute Gasteiger partial charge is 0.462 e. The molecule has 0 rings (SSSR count). The molecule has 15 heavy (non-hydrogen) atoms. The Kier molecular flexibility index (Phi) is 9.88. The van der Waals surface area contributed by atoms with Crippen LogP contribution in [0.5, 0.6) is 0 Å². The van der Waals surface area contributed by atoms with Crippen LogP contribution in [0.25, 0.3) is 0 Å². The molecule has 0 radical (unpaired) electrons. The summed E-state index contributed by atoms with van der Waals surface area (Å²) in [5, 5.41) is 0. The third-order valence-electron chi connectivity index (χ3n) is 0.556. The molecule has 0 aliphatic carbocycles. The van der Waals surface area contributed by atoms with E-state index in [1.807, 2.05) is 26.0 Å². The highest BCUT2D eigenvalue weighted by molar-refractivity contribution is 9.50. The van der Waals surface area contributed by atoms with Crippen molar-refractivity contribution >= 4 is 41.7 Å². The predicted molar refractivity (Wildman–Crippen MR) is 60.6 cm³/mol. The number of carbonyl (C=O) groups excluding carboxylic acids is 1. The van der Waals surface area contributed by atoms with Gasteiger partial charge in [0.05, 0.1) is 0 Å². The molecule has 0 aromatic heterocycles. The van der Waals surface area contributed by atoms with Gasteiger partial charge >= 0.3 is 10.5 Å². The minimum atomic E-state index is -4.47. The number of hydrogen-bond acceptors (Lipinski definition) is 3. The van der Waals surface area contributed by atoms with Crippen LogP contribution in [-0.2, 0) is 4.74 Å². The van der Waals surface area contributed by atoms with E-state index in [-0.39, 0.29) is 0 Å². The summed E-state index contributed by atoms with van der Waals surface area (Å²) in [6.07, 6.45) is -4.47. The fourth-order valence-corrected chi connectivity index (χ4v) is 0.480. The molecule has 3 nitrogen and oxygen atoms in total. The van der Waals surface area contributed by atoms with Crippen LogP contribution in [-0.4, -0.2) is 49.1 Å². The summed E-state index contributed by atoms with van der Waals surface area (Å²) in [7, 11) is 6.00. The quantitative estimate of drug-likeness (QED) is 0.713. The second-order valence-corrected chi connectivity index (χ2v) is 5.93. The van der Waals surface area contributed by atoms with Crippen molar-refractivity contribution in [2.24, 2.45) is 0 Å². The highest BCUT2D eigenvalue weighted by Crippen LogP contribution is 2.16. The Morgan fingerprint density at radius 2 is 1.67 bits per heavy atom. The van der Waals surface area contributed by atoms with Crippen LogP contribution in [0.1, 0.15) is 0 Å². The molecule has 0 aromatic carbocycles. The zero-order chi connectivity index (χ0) is 12.6. The number of halogens is 5. The van der Waals surface area contributed by atoms with Crippen LogP contribution in [0.3, 0.4) is 0 Å². The number of alkyl halides is 3. The second-order valence-electron chi connectivity index (χ2n) is 2.87. The fraction of sp³-hybridized carbons (Fsp3) is 0.833. The van der Waals surface area contributed by atoms with Gasteiger partial charge in [0.2, 0.25) is 0 Å². The van der Waals surface area contributed by atoms with Crippen LogP contribution in [0.4, 0.5) is 18.0 Å². The maximum atomic E-state index is 11.4. The summed E-state index contributed by atoms with van der Waals surface area (Å²) >= 11 is 5.36. The number of ether oxygens (including phenoxy) is 1. The Balaban J connectivity index is 0. The molecule has 0 aliphatic heterocycles. The summed E-state index contributed by atoms with van der Waals surface area (Å²) < 4.78 is 37.0. The summed E-state index contributed by atoms with van der Waals surface area (Å²) in [6, 6.07) is 0. The monoisotopic (exact) mass is 355 g/mol. The Hall–Kier alpha value is 0.245. The van der Waals surface area contributed by atoms with E-state index in [0.717, 1.165) is 0 Å². The first-order chi connectivity index (χ1) is 6.56. The molecule has 0 unspecified atom stereocenters. The van der Waals surface area contributed by atoms with E-state index in [1.165, 1.54) is 0 Å². The lowest BCUT2D eigenvalue weighted by Crippen LogP contribution is -2.23. The Morgan fingerprint density at radius 1 is 1.33 bits per heavy atom. The summed E-state index contributed by atoms with van der Waals surface area (Å²) in [4.78, 5) is 12.4. The molecule has 9 heteroatoms. The van der Waals surface area contributed by atoms with Crippen molar-refractivity contribution < 1.29 is 22.7 Å². The van der Waals surface area contributed by atoms with E-state index < -0.39 is 23.0 Å². The Labute approximate surface area is 103 Å². The molecule has 90 valence electrons. The Bertz CT molecular complexity index is 187. The number of hydrogen-bond donors (Lipinski definition) is 0. The van der Waals surface area contributed by atoms with Gasteiger partial charge in [-0.05, 0) is 21.1 Å². The van der Waals surface area contributed by atoms with Crippen LogP contribution in [0, 0.1) is 0 Å². The normalized spacial score (nSPS) is 10.5. The first kappa shape index (κ1) is 17.6. The van der Waals surface area contributed by atoms with E-state index in [1.54, 1.807) is 0 Å². The molecule has 0 heterocycles. The molecular weight excluding hydrogens is 346 g/mol. The van der Waals surface area contributed by atoms with Crippen LogP contribution >= 0.6 is 31.5 Å². The summed E-state index contributed by atoms with van der Waals surface area (Å²) in [5.74, 6) is -0.998. The van der Waals surface area contributed by atoms with Gasteiger partial charge in [0.15, 0.2) is 6.61 Å². The number of nitrogens with zero attached hydrogens (tertiary/aromatic N) is 1. The molecule has 0 aromatic rings. The fourth-order valence-electron chi connectivity index (χ4n) is 0.216. The summed E-state index contributed by atoms with van der Waals surface area (Å²) in [6.45, 7) is -1.56. The van der Waals surface area contributed by atoms with Gasteiger partial charge in [-0.2, -0.15) is 13.2 Å². The minimum absolute atomic E-state index is 0.891. The van der Waals surface area contributed by atoms with Gasteiger partial charge in [-0.3, -0.25) is 4.79 Å². The topological polar surface area (TPSA) is 29.5 Å². The van der Waals surface area contributed by atoms with Gasteiger partial charge in [-0.25, -0.2) is 0 Å². The van der Waals surface area contributed by atoms with Gasteiger partial charge < -0.3 is 9.64 Å². The van der Waals surface area contributed by atoms with Crippen LogP contribution < -0.4 is 0 Å². The molecule has 0 amide bonds. The van der Waals surface area contributed by atoms with Gasteiger partial charge in [-0.1, -0.05) is 0 Å². The highest BCUT2D eigenvalue weighted by Gasteiger charge is 2.31. The first-order valence-electron chi connectivity index (χ1n) is 3.68. The molecule has 0 fully saturated rings. The molecule has 0 spiro atoms. The average Bonchev–Trinajstić information content (AvgIpc) is 1.97. The lowest BCUT2D eigenvalue weighted by molar-refractivity contribution is -0.158. The van der Waals surface area contributed by atoms with Gasteiger partial charge in [-0.15, -0.1) is 31.5 Å². The van der Waals surface area contributed by atoms with Gasteiger partial charge in [0.25, 0.3) is 5.87 Å². The number of rotatable bonds is 2. The van der Waals surface area contributed by atoms with Crippen molar-refractivity contribution in [3.05, 3.63) is 0 Å². The highest BCUT2D eigenvalue weighted by atomic mass is 79.9. The lowest BCUT2D eigenvalue weighted by atomic mass is 10.1. The summed E-state index contributed by atoms with van der Waals surface area (Å²) in [5.41, 5.74) is 0. The molecule has 0 atom stereocenters. The Morgan fingerprint density at radius 3 is 1.87 bits per heavy atom. The van der Waals surface area contributed by atoms with E-state index in [9.17, 15) is 18.0 Å². The smallest absolute Gasteiger partial charge is 0.425 e. The van der Waals surface area contributed by atoms with Crippen LogP contribution in [0.2, 0.25) is 0 Å². The second kappa shape index (κ2) is 8.40. The predicted octanol–water partition coefficient (Wildman–Crippen LogP) is 2.72. The minimum Gasteiger partial charge on any atom is -0.462 e. The zero-order valence-corrected chi connectivity index (χ0v) is 11.6. The molecule has 0 N–H and O–H groups in total. The van der Waals surface area contributed by atoms with Gasteiger partial charge in [0.1, 0.15) is 0 Å². The maximum absolute atomic E-state index is 11.4. The van der Waals surface area contributed by atoms with E-state index in [4.69, 9.17) is 0 Å². The van der Waals surface area contributed by atoms with Gasteiger partial charge in [0, 0.05) is 0 Å². The maximum Gasteiger partial charge on any atom is 0.425 e. The molecule has 0 saturated carbocycles. The third-order valence-corrected chi connectivity index (χ3v) is 1.30. The lowest BCUT2D eigenvalue weighted by Gasteiger charge is -2.06. The van der Waals surface area contributed by atoms with Crippen LogP contribution in [0.15, 0.2) is 0 Å². The molecule has 0 bridgehead atoms. The molecule has 0 aliphatic rings. The van der Waals surface area contributed by atoms with E-state index in [2.05, 4.69) is 36.3 Å². The first-order valence-corrected chi connectivity index (χ1v) is 5.52. The molecular formula is C6H11BBr2F3NO2. The van der Waals surface area contributed by atoms with E-state index >= 15 is 0 Å².